The molecule has 1 unspecified atom stereocenters. The Morgan fingerprint density at radius 2 is 1.90 bits per heavy atom. The van der Waals surface area contributed by atoms with Crippen molar-refractivity contribution in [1.29, 1.82) is 0 Å². The van der Waals surface area contributed by atoms with E-state index in [1.807, 2.05) is 6.92 Å². The van der Waals surface area contributed by atoms with Crippen LogP contribution in [0.1, 0.15) is 56.8 Å². The highest BCUT2D eigenvalue weighted by atomic mass is 32.1. The van der Waals surface area contributed by atoms with E-state index in [9.17, 15) is 14.0 Å². The minimum absolute atomic E-state index is 0.00398. The Morgan fingerprint density at radius 3 is 2.53 bits per heavy atom. The van der Waals surface area contributed by atoms with Gasteiger partial charge in [-0.3, -0.25) is 9.59 Å². The maximum Gasteiger partial charge on any atom is 0.267 e. The molecule has 1 saturated carbocycles. The average Bonchev–Trinajstić information content (AvgIpc) is 3.45. The smallest absolute Gasteiger partial charge is 0.267 e. The number of amidine groups is 1. The third-order valence-corrected chi connectivity index (χ3v) is 6.12. The highest BCUT2D eigenvalue weighted by Crippen LogP contribution is 2.34. The molecule has 0 spiro atoms. The fourth-order valence-electron chi connectivity index (χ4n) is 3.30. The molecular weight excluding hydrogens is 405 g/mol. The summed E-state index contributed by atoms with van der Waals surface area (Å²) in [6.45, 7) is 5.43. The third-order valence-electron chi connectivity index (χ3n) is 5.21. The zero-order chi connectivity index (χ0) is 21.4. The standard InChI is InChI=1S/C21H22FN5O2S/c1-10-6-15(22)14(8-16(10)24-21(29)18-9-23-12(3)30-18)20(28)25-19-11(2)7-17(26-27-19)13-4-5-13/h6,8-9,11,13H,4-5,7H2,1-3H3,(H,24,29)(H,25,27,28). The molecule has 0 bridgehead atoms. The van der Waals surface area contributed by atoms with Crippen LogP contribution in [0.5, 0.6) is 0 Å². The van der Waals surface area contributed by atoms with Gasteiger partial charge in [0.05, 0.1) is 16.8 Å². The van der Waals surface area contributed by atoms with Crippen molar-refractivity contribution >= 4 is 40.4 Å². The summed E-state index contributed by atoms with van der Waals surface area (Å²) in [4.78, 5) is 29.7. The normalized spacial score (nSPS) is 18.5. The number of aromatic nitrogens is 1. The molecule has 7 nitrogen and oxygen atoms in total. The van der Waals surface area contributed by atoms with Crippen molar-refractivity contribution in [2.45, 2.75) is 40.0 Å². The van der Waals surface area contributed by atoms with Crippen LogP contribution in [0.15, 0.2) is 28.5 Å². The Kier molecular flexibility index (Phi) is 5.46. The first-order valence-electron chi connectivity index (χ1n) is 9.81. The van der Waals surface area contributed by atoms with E-state index in [0.29, 0.717) is 27.9 Å². The van der Waals surface area contributed by atoms with Crippen molar-refractivity contribution in [3.05, 3.63) is 45.2 Å². The zero-order valence-electron chi connectivity index (χ0n) is 17.0. The van der Waals surface area contributed by atoms with E-state index in [0.717, 1.165) is 30.0 Å². The minimum Gasteiger partial charge on any atom is -0.321 e. The number of hydrogen-bond donors (Lipinski definition) is 2. The van der Waals surface area contributed by atoms with E-state index in [1.54, 1.807) is 13.8 Å². The molecule has 1 aliphatic heterocycles. The first-order valence-corrected chi connectivity index (χ1v) is 10.6. The van der Waals surface area contributed by atoms with Gasteiger partial charge in [-0.25, -0.2) is 9.37 Å². The summed E-state index contributed by atoms with van der Waals surface area (Å²) in [6, 6.07) is 2.58. The van der Waals surface area contributed by atoms with Crippen LogP contribution in [0.3, 0.4) is 0 Å². The van der Waals surface area contributed by atoms with Gasteiger partial charge in [0.2, 0.25) is 0 Å². The predicted octanol–water partition coefficient (Wildman–Crippen LogP) is 4.09. The highest BCUT2D eigenvalue weighted by Gasteiger charge is 2.32. The maximum atomic E-state index is 14.5. The average molecular weight is 428 g/mol. The zero-order valence-corrected chi connectivity index (χ0v) is 17.8. The molecule has 1 atom stereocenters. The lowest BCUT2D eigenvalue weighted by atomic mass is 9.99. The van der Waals surface area contributed by atoms with Crippen molar-refractivity contribution in [3.8, 4) is 0 Å². The number of nitrogens with zero attached hydrogens (tertiary/aromatic N) is 3. The molecule has 2 amide bonds. The number of carbonyl (C=O) groups excluding carboxylic acids is 2. The van der Waals surface area contributed by atoms with E-state index in [-0.39, 0.29) is 17.4 Å². The number of amides is 2. The molecule has 9 heteroatoms. The van der Waals surface area contributed by atoms with Gasteiger partial charge in [0.1, 0.15) is 16.5 Å². The van der Waals surface area contributed by atoms with Crippen LogP contribution in [0, 0.1) is 31.5 Å². The lowest BCUT2D eigenvalue weighted by Crippen LogP contribution is -2.37. The molecule has 1 aromatic heterocycles. The molecule has 1 aliphatic carbocycles. The molecular formula is C21H22FN5O2S. The maximum absolute atomic E-state index is 14.5. The largest absolute Gasteiger partial charge is 0.321 e. The fraction of sp³-hybridized carbons (Fsp3) is 0.381. The van der Waals surface area contributed by atoms with Crippen molar-refractivity contribution < 1.29 is 14.0 Å². The lowest BCUT2D eigenvalue weighted by Gasteiger charge is -2.20. The topological polar surface area (TPSA) is 95.8 Å². The number of benzene rings is 1. The van der Waals surface area contributed by atoms with Gasteiger partial charge in [-0.05, 0) is 56.7 Å². The number of halogens is 1. The van der Waals surface area contributed by atoms with Gasteiger partial charge in [-0.15, -0.1) is 16.4 Å². The Hall–Kier alpha value is -2.94. The van der Waals surface area contributed by atoms with Crippen LogP contribution < -0.4 is 10.6 Å². The molecule has 1 aromatic carbocycles. The van der Waals surface area contributed by atoms with Crippen LogP contribution >= 0.6 is 11.3 Å². The van der Waals surface area contributed by atoms with E-state index >= 15 is 0 Å². The first kappa shape index (κ1) is 20.3. The summed E-state index contributed by atoms with van der Waals surface area (Å²) >= 11 is 1.26. The van der Waals surface area contributed by atoms with Crippen LogP contribution in [0.25, 0.3) is 0 Å². The van der Waals surface area contributed by atoms with E-state index in [4.69, 9.17) is 0 Å². The Bertz CT molecular complexity index is 1090. The van der Waals surface area contributed by atoms with Crippen molar-refractivity contribution in [1.82, 2.24) is 10.3 Å². The number of nitrogens with one attached hydrogen (secondary N) is 2. The summed E-state index contributed by atoms with van der Waals surface area (Å²) in [5.41, 5.74) is 1.79. The SMILES string of the molecule is Cc1ncc(C(=O)Nc2cc(C(=O)NC3=NN=C(C4CC4)CC3C)c(F)cc2C)s1. The van der Waals surface area contributed by atoms with Crippen LogP contribution in [0.4, 0.5) is 10.1 Å². The second-order valence-corrected chi connectivity index (χ2v) is 8.99. The monoisotopic (exact) mass is 427 g/mol. The third kappa shape index (κ3) is 4.30. The Balaban J connectivity index is 1.52. The molecule has 1 fully saturated rings. The van der Waals surface area contributed by atoms with Crippen LogP contribution in [-0.2, 0) is 0 Å². The molecule has 4 rings (SSSR count). The number of rotatable bonds is 4. The number of aryl methyl sites for hydroxylation is 2. The number of carbonyl (C=O) groups is 2. The second kappa shape index (κ2) is 8.06. The molecule has 30 heavy (non-hydrogen) atoms. The van der Waals surface area contributed by atoms with Gasteiger partial charge >= 0.3 is 0 Å². The summed E-state index contributed by atoms with van der Waals surface area (Å²) in [5, 5.41) is 14.6. The van der Waals surface area contributed by atoms with E-state index in [2.05, 4.69) is 25.8 Å². The lowest BCUT2D eigenvalue weighted by molar-refractivity contribution is 0.0969. The molecule has 2 aromatic rings. The van der Waals surface area contributed by atoms with Crippen molar-refractivity contribution in [2.24, 2.45) is 22.0 Å². The summed E-state index contributed by atoms with van der Waals surface area (Å²) in [6.07, 6.45) is 4.52. The Labute approximate surface area is 177 Å². The van der Waals surface area contributed by atoms with Gasteiger partial charge in [-0.1, -0.05) is 6.92 Å². The van der Waals surface area contributed by atoms with Crippen LogP contribution in [0.2, 0.25) is 0 Å². The van der Waals surface area contributed by atoms with Crippen LogP contribution in [-0.4, -0.2) is 28.3 Å². The van der Waals surface area contributed by atoms with Gasteiger partial charge in [0, 0.05) is 17.3 Å². The molecule has 2 heterocycles. The van der Waals surface area contributed by atoms with Crippen molar-refractivity contribution in [3.63, 3.8) is 0 Å². The van der Waals surface area contributed by atoms with Gasteiger partial charge in [0.15, 0.2) is 0 Å². The fourth-order valence-corrected chi connectivity index (χ4v) is 3.97. The molecule has 156 valence electrons. The number of anilines is 1. The molecule has 0 radical (unpaired) electrons. The van der Waals surface area contributed by atoms with Crippen molar-refractivity contribution in [2.75, 3.05) is 5.32 Å². The van der Waals surface area contributed by atoms with E-state index in [1.165, 1.54) is 29.7 Å². The summed E-state index contributed by atoms with van der Waals surface area (Å²) in [5.74, 6) is -0.681. The minimum atomic E-state index is -0.664. The highest BCUT2D eigenvalue weighted by molar-refractivity contribution is 7.13. The summed E-state index contributed by atoms with van der Waals surface area (Å²) < 4.78 is 14.5. The van der Waals surface area contributed by atoms with Gasteiger partial charge in [0.25, 0.3) is 11.8 Å². The van der Waals surface area contributed by atoms with E-state index < -0.39 is 11.7 Å². The van der Waals surface area contributed by atoms with Gasteiger partial charge in [-0.2, -0.15) is 5.10 Å². The molecule has 2 aliphatic rings. The number of thiazole rings is 1. The Morgan fingerprint density at radius 1 is 1.13 bits per heavy atom. The number of hydrogen-bond acceptors (Lipinski definition) is 6. The molecule has 0 saturated heterocycles. The first-order chi connectivity index (χ1) is 14.3. The summed E-state index contributed by atoms with van der Waals surface area (Å²) in [7, 11) is 0. The molecule has 2 N–H and O–H groups in total. The quantitative estimate of drug-likeness (QED) is 0.769. The predicted molar refractivity (Wildman–Crippen MR) is 115 cm³/mol. The second-order valence-electron chi connectivity index (χ2n) is 7.75. The van der Waals surface area contributed by atoms with Gasteiger partial charge < -0.3 is 10.6 Å².